The zero-order valence-corrected chi connectivity index (χ0v) is 5.79. The summed E-state index contributed by atoms with van der Waals surface area (Å²) in [5, 5.41) is 8.74. The third-order valence-corrected chi connectivity index (χ3v) is 1.74. The second kappa shape index (κ2) is 2.03. The van der Waals surface area contributed by atoms with Crippen LogP contribution in [0, 0.1) is 5.41 Å². The summed E-state index contributed by atoms with van der Waals surface area (Å²) in [5.41, 5.74) is 0.00868. The second-order valence-electron chi connectivity index (χ2n) is 2.93. The van der Waals surface area contributed by atoms with E-state index in [2.05, 4.69) is 0 Å². The summed E-state index contributed by atoms with van der Waals surface area (Å²) < 4.78 is 5.09. The zero-order chi connectivity index (χ0) is 6.91. The lowest BCUT2D eigenvalue weighted by atomic mass is 9.89. The first-order valence-electron chi connectivity index (χ1n) is 3.11. The number of hydrogen-bond donors (Lipinski definition) is 1. The molecule has 0 saturated carbocycles. The van der Waals surface area contributed by atoms with Crippen LogP contribution in [-0.4, -0.2) is 17.8 Å². The minimum atomic E-state index is -0.0440. The predicted octanol–water partition coefficient (Wildman–Crippen LogP) is 0.917. The molecule has 1 aliphatic heterocycles. The van der Waals surface area contributed by atoms with Crippen molar-refractivity contribution < 1.29 is 9.84 Å². The van der Waals surface area contributed by atoms with Crippen molar-refractivity contribution in [3.8, 4) is 0 Å². The molecule has 0 aromatic heterocycles. The summed E-state index contributed by atoms with van der Waals surface area (Å²) >= 11 is 0. The molecule has 0 fully saturated rings. The van der Waals surface area contributed by atoms with Crippen molar-refractivity contribution in [1.82, 2.24) is 0 Å². The first kappa shape index (κ1) is 6.62. The van der Waals surface area contributed by atoms with E-state index in [-0.39, 0.29) is 18.1 Å². The molecule has 0 aliphatic carbocycles. The highest BCUT2D eigenvalue weighted by Gasteiger charge is 2.31. The van der Waals surface area contributed by atoms with E-state index >= 15 is 0 Å². The molecule has 0 amide bonds. The van der Waals surface area contributed by atoms with E-state index in [1.807, 2.05) is 19.9 Å². The van der Waals surface area contributed by atoms with Crippen LogP contribution in [-0.2, 0) is 4.74 Å². The Hall–Kier alpha value is -0.500. The van der Waals surface area contributed by atoms with E-state index in [1.165, 1.54) is 0 Å². The van der Waals surface area contributed by atoms with Crippen molar-refractivity contribution in [2.75, 3.05) is 6.61 Å². The predicted molar refractivity (Wildman–Crippen MR) is 34.9 cm³/mol. The van der Waals surface area contributed by atoms with E-state index in [1.54, 1.807) is 6.26 Å². The number of ether oxygens (including phenoxy) is 1. The highest BCUT2D eigenvalue weighted by molar-refractivity contribution is 5.02. The van der Waals surface area contributed by atoms with Crippen molar-refractivity contribution in [1.29, 1.82) is 0 Å². The molecule has 0 bridgehead atoms. The minimum absolute atomic E-state index is 0.00868. The molecule has 0 aromatic carbocycles. The Kier molecular flexibility index (Phi) is 1.49. The standard InChI is InChI=1S/C7H12O2/c1-7(2)3-4-9-6(7)5-8/h3-4,6,8H,5H2,1-2H3. The average molecular weight is 128 g/mol. The third kappa shape index (κ3) is 1.08. The molecule has 1 rings (SSSR count). The zero-order valence-electron chi connectivity index (χ0n) is 5.79. The summed E-state index contributed by atoms with van der Waals surface area (Å²) in [7, 11) is 0. The number of rotatable bonds is 1. The maximum absolute atomic E-state index is 8.74. The first-order chi connectivity index (χ1) is 4.17. The van der Waals surface area contributed by atoms with Crippen molar-refractivity contribution in [2.45, 2.75) is 20.0 Å². The van der Waals surface area contributed by atoms with Gasteiger partial charge < -0.3 is 9.84 Å². The van der Waals surface area contributed by atoms with Gasteiger partial charge >= 0.3 is 0 Å². The average Bonchev–Trinajstić information content (AvgIpc) is 2.08. The van der Waals surface area contributed by atoms with Crippen molar-refractivity contribution >= 4 is 0 Å². The number of aliphatic hydroxyl groups excluding tert-OH is 1. The quantitative estimate of drug-likeness (QED) is 0.569. The molecule has 2 heteroatoms. The Morgan fingerprint density at radius 3 is 2.56 bits per heavy atom. The van der Waals surface area contributed by atoms with Gasteiger partial charge in [0.15, 0.2) is 0 Å². The van der Waals surface area contributed by atoms with E-state index in [0.29, 0.717) is 0 Å². The Bertz CT molecular complexity index is 127. The molecule has 1 N–H and O–H groups in total. The van der Waals surface area contributed by atoms with Crippen LogP contribution in [0.3, 0.4) is 0 Å². The van der Waals surface area contributed by atoms with Gasteiger partial charge in [0.05, 0.1) is 12.9 Å². The van der Waals surface area contributed by atoms with Gasteiger partial charge in [-0.1, -0.05) is 13.8 Å². The lowest BCUT2D eigenvalue weighted by molar-refractivity contribution is 0.0391. The van der Waals surface area contributed by atoms with Gasteiger partial charge in [-0.25, -0.2) is 0 Å². The van der Waals surface area contributed by atoms with Crippen LogP contribution < -0.4 is 0 Å². The molecule has 1 aliphatic rings. The maximum atomic E-state index is 8.74. The van der Waals surface area contributed by atoms with Gasteiger partial charge in [-0.2, -0.15) is 0 Å². The highest BCUT2D eigenvalue weighted by Crippen LogP contribution is 2.29. The van der Waals surface area contributed by atoms with Gasteiger partial charge in [-0.05, 0) is 6.08 Å². The normalized spacial score (nSPS) is 30.3. The molecule has 0 radical (unpaired) electrons. The van der Waals surface area contributed by atoms with E-state index in [0.717, 1.165) is 0 Å². The van der Waals surface area contributed by atoms with Crippen LogP contribution in [0.2, 0.25) is 0 Å². The molecule has 0 saturated heterocycles. The Morgan fingerprint density at radius 1 is 1.67 bits per heavy atom. The smallest absolute Gasteiger partial charge is 0.129 e. The SMILES string of the molecule is CC1(C)C=COC1CO. The number of aliphatic hydroxyl groups is 1. The highest BCUT2D eigenvalue weighted by atomic mass is 16.5. The fourth-order valence-electron chi connectivity index (χ4n) is 0.870. The van der Waals surface area contributed by atoms with Gasteiger partial charge in [0, 0.05) is 5.41 Å². The molecular formula is C7H12O2. The third-order valence-electron chi connectivity index (χ3n) is 1.74. The van der Waals surface area contributed by atoms with E-state index < -0.39 is 0 Å². The summed E-state index contributed by atoms with van der Waals surface area (Å²) in [4.78, 5) is 0. The molecule has 52 valence electrons. The lowest BCUT2D eigenvalue weighted by Gasteiger charge is -2.22. The summed E-state index contributed by atoms with van der Waals surface area (Å²) in [6.07, 6.45) is 3.58. The van der Waals surface area contributed by atoms with Gasteiger partial charge in [0.2, 0.25) is 0 Å². The van der Waals surface area contributed by atoms with Gasteiger partial charge in [-0.15, -0.1) is 0 Å². The van der Waals surface area contributed by atoms with Crippen molar-refractivity contribution in [2.24, 2.45) is 5.41 Å². The Balaban J connectivity index is 2.60. The van der Waals surface area contributed by atoms with Crippen LogP contribution in [0.1, 0.15) is 13.8 Å². The lowest BCUT2D eigenvalue weighted by Crippen LogP contribution is -2.27. The van der Waals surface area contributed by atoms with Gasteiger partial charge in [0.1, 0.15) is 6.10 Å². The van der Waals surface area contributed by atoms with E-state index in [9.17, 15) is 0 Å². The Labute approximate surface area is 55.1 Å². The molecule has 1 unspecified atom stereocenters. The monoisotopic (exact) mass is 128 g/mol. The van der Waals surface area contributed by atoms with Crippen molar-refractivity contribution in [3.05, 3.63) is 12.3 Å². The summed E-state index contributed by atoms with van der Waals surface area (Å²) in [6, 6.07) is 0. The van der Waals surface area contributed by atoms with Crippen LogP contribution >= 0.6 is 0 Å². The Morgan fingerprint density at radius 2 is 2.33 bits per heavy atom. The van der Waals surface area contributed by atoms with Crippen molar-refractivity contribution in [3.63, 3.8) is 0 Å². The van der Waals surface area contributed by atoms with Gasteiger partial charge in [-0.3, -0.25) is 0 Å². The molecule has 0 aromatic rings. The molecule has 1 atom stereocenters. The molecule has 2 nitrogen and oxygen atoms in total. The molecule has 0 spiro atoms. The van der Waals surface area contributed by atoms with E-state index in [4.69, 9.17) is 9.84 Å². The largest absolute Gasteiger partial charge is 0.495 e. The van der Waals surface area contributed by atoms with Crippen LogP contribution in [0.5, 0.6) is 0 Å². The molecule has 9 heavy (non-hydrogen) atoms. The molecular weight excluding hydrogens is 116 g/mol. The van der Waals surface area contributed by atoms with Gasteiger partial charge in [0.25, 0.3) is 0 Å². The topological polar surface area (TPSA) is 29.5 Å². The molecule has 1 heterocycles. The second-order valence-corrected chi connectivity index (χ2v) is 2.93. The first-order valence-corrected chi connectivity index (χ1v) is 3.11. The maximum Gasteiger partial charge on any atom is 0.129 e. The van der Waals surface area contributed by atoms with Crippen LogP contribution in [0.25, 0.3) is 0 Å². The fourth-order valence-corrected chi connectivity index (χ4v) is 0.870. The van der Waals surface area contributed by atoms with Crippen LogP contribution in [0.15, 0.2) is 12.3 Å². The summed E-state index contributed by atoms with van der Waals surface area (Å²) in [6.45, 7) is 4.18. The summed E-state index contributed by atoms with van der Waals surface area (Å²) in [5.74, 6) is 0. The fraction of sp³-hybridized carbons (Fsp3) is 0.714. The minimum Gasteiger partial charge on any atom is -0.495 e. The number of hydrogen-bond acceptors (Lipinski definition) is 2. The van der Waals surface area contributed by atoms with Crippen LogP contribution in [0.4, 0.5) is 0 Å².